The van der Waals surface area contributed by atoms with Gasteiger partial charge in [-0.1, -0.05) is 123 Å². The van der Waals surface area contributed by atoms with Gasteiger partial charge in [-0.05, 0) is 73.6 Å². The molecule has 0 spiro atoms. The second-order valence-electron chi connectivity index (χ2n) is 14.0. The molecule has 6 nitrogen and oxygen atoms in total. The van der Waals surface area contributed by atoms with Gasteiger partial charge in [-0.2, -0.15) is 6.07 Å². The second-order valence-corrected chi connectivity index (χ2v) is 14.0. The average molecular weight is 854 g/mol. The van der Waals surface area contributed by atoms with Gasteiger partial charge in [-0.3, -0.25) is 0 Å². The predicted octanol–water partition coefficient (Wildman–Crippen LogP) is 11.1. The monoisotopic (exact) mass is 853 g/mol. The fraction of sp³-hybridized carbons (Fsp3) is 0.0889. The normalized spacial score (nSPS) is 12.0. The van der Waals surface area contributed by atoms with E-state index in [4.69, 9.17) is 14.4 Å². The molecule has 1 aliphatic heterocycles. The average Bonchev–Trinajstić information content (AvgIpc) is 3.70. The summed E-state index contributed by atoms with van der Waals surface area (Å²) < 4.78 is 13.2. The minimum atomic E-state index is -0.245. The summed E-state index contributed by atoms with van der Waals surface area (Å²) in [5.41, 5.74) is 9.19. The number of fused-ring (bicyclic) bond motifs is 20. The molecule has 0 aliphatic carbocycles. The van der Waals surface area contributed by atoms with Crippen molar-refractivity contribution in [2.75, 3.05) is 0 Å². The molecule has 8 bridgehead atoms. The molecule has 1 aliphatic rings. The molecule has 9 aromatic rings. The van der Waals surface area contributed by atoms with Gasteiger partial charge in [0.1, 0.15) is 5.65 Å². The SMILES string of the molecule is CC(C)(C)c1cc2[c-]c(n1)n1[cH-]n(c3ccccc3c3ccccc3c3cccc(n3)n3c4[c-]c(ccc4c4ccccc43)o2)-c2ccccc2-1.[Pt]. The zero-order valence-electron chi connectivity index (χ0n) is 28.7. The molecule has 0 unspecified atom stereocenters. The van der Waals surface area contributed by atoms with Crippen LogP contribution in [0.4, 0.5) is 0 Å². The van der Waals surface area contributed by atoms with Crippen LogP contribution in [0.15, 0.2) is 144 Å². The molecule has 0 fully saturated rings. The van der Waals surface area contributed by atoms with Crippen LogP contribution < -0.4 is 0 Å². The van der Waals surface area contributed by atoms with Crippen LogP contribution in [0.3, 0.4) is 0 Å². The van der Waals surface area contributed by atoms with Gasteiger partial charge in [0, 0.05) is 43.9 Å². The summed E-state index contributed by atoms with van der Waals surface area (Å²) >= 11 is 0. The molecule has 4 aromatic heterocycles. The fourth-order valence-electron chi connectivity index (χ4n) is 7.31. The Morgan fingerprint density at radius 1 is 0.577 bits per heavy atom. The van der Waals surface area contributed by atoms with E-state index in [0.29, 0.717) is 16.8 Å². The number of nitrogens with zero attached hydrogens (tertiary/aromatic N) is 5. The smallest absolute Gasteiger partial charge is 0.136 e. The van der Waals surface area contributed by atoms with Crippen LogP contribution in [0.5, 0.6) is 0 Å². The number of rotatable bonds is 0. The first kappa shape index (κ1) is 32.1. The Labute approximate surface area is 314 Å². The number of aromatic nitrogens is 5. The van der Waals surface area contributed by atoms with Crippen LogP contribution in [0.1, 0.15) is 26.5 Å². The van der Waals surface area contributed by atoms with Crippen molar-refractivity contribution in [1.82, 2.24) is 23.5 Å². The third kappa shape index (κ3) is 5.09. The molecule has 0 amide bonds. The van der Waals surface area contributed by atoms with Crippen LogP contribution in [0, 0.1) is 12.1 Å². The summed E-state index contributed by atoms with van der Waals surface area (Å²) in [4.78, 5) is 10.5. The van der Waals surface area contributed by atoms with Crippen molar-refractivity contribution < 1.29 is 25.5 Å². The van der Waals surface area contributed by atoms with Crippen LogP contribution >= 0.6 is 0 Å². The second kappa shape index (κ2) is 12.1. The first-order valence-electron chi connectivity index (χ1n) is 17.2. The zero-order chi connectivity index (χ0) is 34.3. The van der Waals surface area contributed by atoms with E-state index in [0.717, 1.165) is 71.7 Å². The van der Waals surface area contributed by atoms with E-state index in [9.17, 15) is 0 Å². The Balaban J connectivity index is 0.00000360. The van der Waals surface area contributed by atoms with E-state index < -0.39 is 0 Å². The van der Waals surface area contributed by atoms with Gasteiger partial charge in [0.2, 0.25) is 0 Å². The minimum Gasteiger partial charge on any atom is -0.522 e. The van der Waals surface area contributed by atoms with Gasteiger partial charge >= 0.3 is 0 Å². The van der Waals surface area contributed by atoms with Crippen molar-refractivity contribution >= 4 is 71.5 Å². The molecule has 256 valence electrons. The quantitative estimate of drug-likeness (QED) is 0.143. The maximum absolute atomic E-state index is 6.67. The zero-order valence-corrected chi connectivity index (χ0v) is 31.0. The first-order chi connectivity index (χ1) is 24.9. The van der Waals surface area contributed by atoms with Crippen LogP contribution in [0.2, 0.25) is 0 Å². The standard InChI is InChI=1S/C45H32N5O.Pt/c1-45(2,3)42-26-30-27-44(47-42)49-28-48(39-20-10-11-21-40(39)49)37-18-8-6-15-33(37)31-13-4-5-14-32(31)36-17-12-22-43(46-36)50-38-19-9-7-16-34(38)35-24-23-29(51-30)25-41(35)50;/h4-24,26,28H,1-3H3;/q-3;. The van der Waals surface area contributed by atoms with Gasteiger partial charge in [0.05, 0.1) is 5.52 Å². The van der Waals surface area contributed by atoms with Crippen molar-refractivity contribution in [1.29, 1.82) is 0 Å². The molecule has 0 saturated heterocycles. The molecular weight excluding hydrogens is 822 g/mol. The molecule has 0 saturated carbocycles. The van der Waals surface area contributed by atoms with Crippen molar-refractivity contribution in [3.05, 3.63) is 158 Å². The number of pyridine rings is 2. The predicted molar refractivity (Wildman–Crippen MR) is 207 cm³/mol. The van der Waals surface area contributed by atoms with Crippen LogP contribution in [-0.2, 0) is 26.5 Å². The molecule has 0 atom stereocenters. The fourth-order valence-corrected chi connectivity index (χ4v) is 7.31. The molecule has 10 rings (SSSR count). The molecule has 0 N–H and O–H groups in total. The Hall–Kier alpha value is -5.84. The third-order valence-electron chi connectivity index (χ3n) is 9.75. The van der Waals surface area contributed by atoms with Gasteiger partial charge < -0.3 is 22.9 Å². The Morgan fingerprint density at radius 2 is 1.23 bits per heavy atom. The number of para-hydroxylation sites is 4. The van der Waals surface area contributed by atoms with Crippen molar-refractivity contribution in [2.24, 2.45) is 0 Å². The number of imidazole rings is 1. The summed E-state index contributed by atoms with van der Waals surface area (Å²) in [5, 5.41) is 5.43. The summed E-state index contributed by atoms with van der Waals surface area (Å²) in [6.07, 6.45) is 2.11. The molecule has 7 heteroatoms. The molecule has 0 radical (unpaired) electrons. The van der Waals surface area contributed by atoms with Crippen molar-refractivity contribution in [3.63, 3.8) is 0 Å². The summed E-state index contributed by atoms with van der Waals surface area (Å²) in [6.45, 7) is 6.50. The van der Waals surface area contributed by atoms with E-state index in [-0.39, 0.29) is 26.5 Å². The maximum Gasteiger partial charge on any atom is 0.136 e. The number of hydrogen-bond acceptors (Lipinski definition) is 3. The van der Waals surface area contributed by atoms with Crippen LogP contribution in [-0.4, -0.2) is 23.5 Å². The largest absolute Gasteiger partial charge is 0.522 e. The Morgan fingerprint density at radius 3 is 2.00 bits per heavy atom. The molecule has 5 heterocycles. The van der Waals surface area contributed by atoms with Crippen LogP contribution in [0.25, 0.3) is 82.8 Å². The Kier molecular flexibility index (Phi) is 7.49. The first-order valence-corrected chi connectivity index (χ1v) is 17.2. The summed E-state index contributed by atoms with van der Waals surface area (Å²) in [7, 11) is 0. The maximum atomic E-state index is 6.67. The van der Waals surface area contributed by atoms with E-state index in [1.807, 2.05) is 12.1 Å². The van der Waals surface area contributed by atoms with E-state index in [1.54, 1.807) is 0 Å². The number of benzene rings is 5. The Bertz CT molecular complexity index is 3090. The van der Waals surface area contributed by atoms with E-state index in [2.05, 4.69) is 174 Å². The van der Waals surface area contributed by atoms with Gasteiger partial charge in [-0.25, -0.2) is 11.1 Å². The molecule has 5 aromatic carbocycles. The third-order valence-corrected chi connectivity index (χ3v) is 9.75. The van der Waals surface area contributed by atoms with Gasteiger partial charge in [0.25, 0.3) is 0 Å². The van der Waals surface area contributed by atoms with E-state index >= 15 is 0 Å². The molecule has 52 heavy (non-hydrogen) atoms. The molecular formula is C45H32N5OPt-3. The van der Waals surface area contributed by atoms with Crippen molar-refractivity contribution in [3.8, 4) is 11.4 Å². The minimum absolute atomic E-state index is 0. The number of hydrogen-bond donors (Lipinski definition) is 0. The van der Waals surface area contributed by atoms with Gasteiger partial charge in [0.15, 0.2) is 0 Å². The van der Waals surface area contributed by atoms with E-state index in [1.165, 1.54) is 0 Å². The summed E-state index contributed by atoms with van der Waals surface area (Å²) in [5.74, 6) is 0. The van der Waals surface area contributed by atoms with Crippen molar-refractivity contribution in [2.45, 2.75) is 26.2 Å². The van der Waals surface area contributed by atoms with Gasteiger partial charge in [-0.15, -0.1) is 23.6 Å². The topological polar surface area (TPSA) is 53.2 Å². The summed E-state index contributed by atoms with van der Waals surface area (Å²) in [6, 6.07) is 53.4.